The van der Waals surface area contributed by atoms with Gasteiger partial charge in [-0.3, -0.25) is 4.79 Å². The lowest BCUT2D eigenvalue weighted by Crippen LogP contribution is -2.68. The summed E-state index contributed by atoms with van der Waals surface area (Å²) in [4.78, 5) is 15.2. The summed E-state index contributed by atoms with van der Waals surface area (Å²) < 4.78 is 7.02. The average Bonchev–Trinajstić information content (AvgIpc) is 3.28. The Kier molecular flexibility index (Phi) is 3.73. The minimum atomic E-state index is -0.332. The molecule has 4 atom stereocenters. The van der Waals surface area contributed by atoms with E-state index >= 15 is 0 Å². The summed E-state index contributed by atoms with van der Waals surface area (Å²) >= 11 is 0. The maximum absolute atomic E-state index is 12.7. The van der Waals surface area contributed by atoms with Gasteiger partial charge in [-0.15, -0.1) is 0 Å². The average molecular weight is 405 g/mol. The number of phenolic OH excluding ortho intramolecular Hbond substituents is 1. The Morgan fingerprint density at radius 2 is 2.03 bits per heavy atom. The zero-order chi connectivity index (χ0) is 20.6. The molecule has 3 aliphatic heterocycles. The summed E-state index contributed by atoms with van der Waals surface area (Å²) in [6.45, 7) is 1.58. The van der Waals surface area contributed by atoms with Crippen molar-refractivity contribution in [2.24, 2.45) is 0 Å². The lowest BCUT2D eigenvalue weighted by atomic mass is 9.50. The largest absolute Gasteiger partial charge is 0.508 e. The number of hydrogen-bond donors (Lipinski definition) is 2. The van der Waals surface area contributed by atoms with E-state index in [1.165, 1.54) is 11.1 Å². The monoisotopic (exact) mass is 404 g/mol. The predicted molar refractivity (Wildman–Crippen MR) is 114 cm³/mol. The molecular formula is C25H28N2O3. The number of nitrogens with one attached hydrogen (secondary N) is 1. The number of amides is 1. The van der Waals surface area contributed by atoms with Crippen molar-refractivity contribution in [3.8, 4) is 5.75 Å². The Bertz CT molecular complexity index is 1020. The molecule has 4 aliphatic rings. The third-order valence-corrected chi connectivity index (χ3v) is 8.38. The summed E-state index contributed by atoms with van der Waals surface area (Å²) in [7, 11) is 2.22. The zero-order valence-corrected chi connectivity index (χ0v) is 17.4. The number of rotatable bonds is 3. The third kappa shape index (κ3) is 2.28. The topological polar surface area (TPSA) is 61.8 Å². The second kappa shape index (κ2) is 6.08. The Labute approximate surface area is 177 Å². The Morgan fingerprint density at radius 1 is 1.20 bits per heavy atom. The first-order valence-corrected chi connectivity index (χ1v) is 11.0. The van der Waals surface area contributed by atoms with Crippen LogP contribution in [0.15, 0.2) is 48.5 Å². The first-order chi connectivity index (χ1) is 14.5. The molecule has 3 saturated heterocycles. The minimum Gasteiger partial charge on any atom is -0.508 e. The fourth-order valence-corrected chi connectivity index (χ4v) is 7.09. The molecule has 2 N–H and O–H groups in total. The molecule has 30 heavy (non-hydrogen) atoms. The molecule has 6 rings (SSSR count). The van der Waals surface area contributed by atoms with Gasteiger partial charge in [-0.25, -0.2) is 0 Å². The first kappa shape index (κ1) is 18.4. The van der Waals surface area contributed by atoms with E-state index in [4.69, 9.17) is 4.74 Å². The predicted octanol–water partition coefficient (Wildman–Crippen LogP) is 3.01. The molecule has 3 heterocycles. The van der Waals surface area contributed by atoms with E-state index in [0.717, 1.165) is 38.6 Å². The van der Waals surface area contributed by atoms with Crippen LogP contribution >= 0.6 is 0 Å². The first-order valence-electron chi connectivity index (χ1n) is 11.0. The number of likely N-dealkylation sites (N-methyl/N-ethyl adjacent to an activating group) is 1. The van der Waals surface area contributed by atoms with Gasteiger partial charge in [-0.05, 0) is 81.1 Å². The van der Waals surface area contributed by atoms with E-state index in [9.17, 15) is 9.90 Å². The maximum Gasteiger partial charge on any atom is 0.251 e. The van der Waals surface area contributed by atoms with Crippen molar-refractivity contribution in [2.45, 2.75) is 54.8 Å². The van der Waals surface area contributed by atoms with Crippen LogP contribution in [0.4, 0.5) is 0 Å². The molecule has 156 valence electrons. The Balaban J connectivity index is 1.36. The molecule has 0 unspecified atom stereocenters. The molecular weight excluding hydrogens is 376 g/mol. The van der Waals surface area contributed by atoms with Gasteiger partial charge in [0.2, 0.25) is 0 Å². The zero-order valence-electron chi connectivity index (χ0n) is 17.4. The van der Waals surface area contributed by atoms with Gasteiger partial charge < -0.3 is 20.1 Å². The van der Waals surface area contributed by atoms with Crippen LogP contribution in [0, 0.1) is 0 Å². The summed E-state index contributed by atoms with van der Waals surface area (Å²) in [6.07, 6.45) is 4.89. The smallest absolute Gasteiger partial charge is 0.251 e. The number of benzene rings is 2. The van der Waals surface area contributed by atoms with Gasteiger partial charge in [-0.2, -0.15) is 0 Å². The van der Waals surface area contributed by atoms with Crippen LogP contribution in [0.1, 0.15) is 47.2 Å². The summed E-state index contributed by atoms with van der Waals surface area (Å²) in [6, 6.07) is 15.6. The van der Waals surface area contributed by atoms with Crippen molar-refractivity contribution >= 4 is 5.91 Å². The number of hydrogen-bond acceptors (Lipinski definition) is 4. The number of likely N-dealkylation sites (tertiary alicyclic amines) is 1. The van der Waals surface area contributed by atoms with Gasteiger partial charge in [0, 0.05) is 23.6 Å². The summed E-state index contributed by atoms with van der Waals surface area (Å²) in [5.74, 6) is 0.296. The van der Waals surface area contributed by atoms with Crippen LogP contribution in [0.2, 0.25) is 0 Å². The molecule has 4 bridgehead atoms. The Hall–Kier alpha value is -2.37. The van der Waals surface area contributed by atoms with E-state index in [2.05, 4.69) is 23.3 Å². The molecule has 0 saturated carbocycles. The van der Waals surface area contributed by atoms with Crippen molar-refractivity contribution in [1.82, 2.24) is 10.2 Å². The Morgan fingerprint density at radius 3 is 2.87 bits per heavy atom. The van der Waals surface area contributed by atoms with Gasteiger partial charge in [-0.1, -0.05) is 24.3 Å². The second-order valence-electron chi connectivity index (χ2n) is 9.77. The fraction of sp³-hybridized carbons (Fsp3) is 0.480. The number of piperidine rings is 1. The van der Waals surface area contributed by atoms with E-state index in [-0.39, 0.29) is 22.5 Å². The van der Waals surface area contributed by atoms with Crippen molar-refractivity contribution in [2.75, 3.05) is 20.1 Å². The quantitative estimate of drug-likeness (QED) is 0.826. The third-order valence-electron chi connectivity index (χ3n) is 8.38. The van der Waals surface area contributed by atoms with E-state index < -0.39 is 0 Å². The highest BCUT2D eigenvalue weighted by Gasteiger charge is 2.75. The standard InChI is InChI=1S/C25H28N2O3/c1-27-12-11-24-15-23(16-26-22(29)17-5-3-2-4-6-17)9-10-25(24,30-23)21(27)13-18-7-8-19(28)14-20(18)24/h2-8,14,21,28H,9-13,15-16H2,1H3,(H,26,29)/t21-,23+,24-,25-/m1/s1. The lowest BCUT2D eigenvalue weighted by molar-refractivity contribution is -0.132. The van der Waals surface area contributed by atoms with Crippen molar-refractivity contribution in [3.05, 3.63) is 65.2 Å². The number of fused-ring (bicyclic) bond motifs is 2. The number of phenols is 1. The molecule has 1 amide bonds. The number of carbonyl (C=O) groups excluding carboxylic acids is 1. The van der Waals surface area contributed by atoms with Crippen molar-refractivity contribution < 1.29 is 14.6 Å². The summed E-state index contributed by atoms with van der Waals surface area (Å²) in [5, 5.41) is 13.4. The van der Waals surface area contributed by atoms with Crippen LogP contribution in [0.3, 0.4) is 0 Å². The number of carbonyl (C=O) groups is 1. The highest BCUT2D eigenvalue weighted by atomic mass is 16.5. The van der Waals surface area contributed by atoms with Crippen LogP contribution in [-0.2, 0) is 16.6 Å². The fourth-order valence-electron chi connectivity index (χ4n) is 7.09. The lowest BCUT2D eigenvalue weighted by Gasteiger charge is -2.59. The molecule has 2 aromatic carbocycles. The molecule has 0 aromatic heterocycles. The highest BCUT2D eigenvalue weighted by Crippen LogP contribution is 2.68. The molecule has 5 heteroatoms. The van der Waals surface area contributed by atoms with Gasteiger partial charge in [0.15, 0.2) is 0 Å². The van der Waals surface area contributed by atoms with Crippen LogP contribution < -0.4 is 5.32 Å². The maximum atomic E-state index is 12.7. The second-order valence-corrected chi connectivity index (χ2v) is 9.77. The normalized spacial score (nSPS) is 36.2. The number of aromatic hydroxyl groups is 1. The SMILES string of the molecule is CN1CC[C@]23C[C@]4(CNC(=O)c5ccccc5)CC[C@@]2(O4)[C@H]1Cc1ccc(O)cc13. The minimum absolute atomic E-state index is 0.0416. The van der Waals surface area contributed by atoms with E-state index in [1.807, 2.05) is 42.5 Å². The van der Waals surface area contributed by atoms with Crippen LogP contribution in [0.5, 0.6) is 5.75 Å². The van der Waals surface area contributed by atoms with Gasteiger partial charge in [0.05, 0.1) is 11.2 Å². The molecule has 0 radical (unpaired) electrons. The molecule has 1 spiro atoms. The molecule has 1 aliphatic carbocycles. The van der Waals surface area contributed by atoms with Crippen LogP contribution in [0.25, 0.3) is 0 Å². The molecule has 5 nitrogen and oxygen atoms in total. The number of nitrogens with zero attached hydrogens (tertiary/aromatic N) is 1. The van der Waals surface area contributed by atoms with Gasteiger partial charge in [0.25, 0.3) is 5.91 Å². The van der Waals surface area contributed by atoms with Crippen molar-refractivity contribution in [1.29, 1.82) is 0 Å². The van der Waals surface area contributed by atoms with E-state index in [1.54, 1.807) is 0 Å². The van der Waals surface area contributed by atoms with E-state index in [0.29, 0.717) is 23.9 Å². The highest BCUT2D eigenvalue weighted by molar-refractivity contribution is 5.94. The van der Waals surface area contributed by atoms with Crippen LogP contribution in [-0.4, -0.2) is 53.3 Å². The molecule has 3 fully saturated rings. The summed E-state index contributed by atoms with van der Waals surface area (Å²) in [5.41, 5.74) is 2.67. The van der Waals surface area contributed by atoms with Gasteiger partial charge >= 0.3 is 0 Å². The van der Waals surface area contributed by atoms with Gasteiger partial charge in [0.1, 0.15) is 5.75 Å². The number of ether oxygens (including phenoxy) is 1. The molecule has 2 aromatic rings. The van der Waals surface area contributed by atoms with Crippen molar-refractivity contribution in [3.63, 3.8) is 0 Å².